The van der Waals surface area contributed by atoms with Crippen LogP contribution in [0.1, 0.15) is 55.0 Å². The summed E-state index contributed by atoms with van der Waals surface area (Å²) in [6.07, 6.45) is 5.79. The SMILES string of the molecule is Cc1nc(C(=O)NCC2(O)CCCCCC2)no1. The van der Waals surface area contributed by atoms with E-state index in [1.54, 1.807) is 6.92 Å². The maximum absolute atomic E-state index is 11.7. The van der Waals surface area contributed by atoms with Gasteiger partial charge in [0.15, 0.2) is 0 Å². The standard InChI is InChI=1S/C12H19N3O3/c1-9-14-10(15-18-9)11(16)13-8-12(17)6-4-2-3-5-7-12/h17H,2-8H2,1H3,(H,13,16). The van der Waals surface area contributed by atoms with Gasteiger partial charge < -0.3 is 14.9 Å². The number of nitrogens with one attached hydrogen (secondary N) is 1. The highest BCUT2D eigenvalue weighted by Crippen LogP contribution is 2.26. The van der Waals surface area contributed by atoms with E-state index in [4.69, 9.17) is 4.52 Å². The Labute approximate surface area is 106 Å². The number of aryl methyl sites for hydroxylation is 1. The minimum absolute atomic E-state index is 0.0183. The van der Waals surface area contributed by atoms with E-state index in [1.165, 1.54) is 0 Å². The maximum Gasteiger partial charge on any atom is 0.292 e. The number of hydrogen-bond donors (Lipinski definition) is 2. The van der Waals surface area contributed by atoms with Crippen LogP contribution in [0, 0.1) is 6.92 Å². The molecule has 6 heteroatoms. The minimum Gasteiger partial charge on any atom is -0.388 e. The summed E-state index contributed by atoms with van der Waals surface area (Å²) in [5.74, 6) is -0.0254. The fraction of sp³-hybridized carbons (Fsp3) is 0.750. The molecule has 1 aliphatic rings. The number of aliphatic hydroxyl groups is 1. The van der Waals surface area contributed by atoms with Crippen LogP contribution in [0.15, 0.2) is 4.52 Å². The summed E-state index contributed by atoms with van der Waals surface area (Å²) in [6.45, 7) is 1.88. The first kappa shape index (κ1) is 13.0. The first-order chi connectivity index (χ1) is 8.59. The third-order valence-electron chi connectivity index (χ3n) is 3.34. The van der Waals surface area contributed by atoms with Crippen LogP contribution in [-0.2, 0) is 0 Å². The number of rotatable bonds is 3. The largest absolute Gasteiger partial charge is 0.388 e. The molecule has 2 rings (SSSR count). The zero-order valence-corrected chi connectivity index (χ0v) is 10.6. The van der Waals surface area contributed by atoms with Gasteiger partial charge >= 0.3 is 0 Å². The van der Waals surface area contributed by atoms with E-state index in [0.717, 1.165) is 38.5 Å². The Morgan fingerprint density at radius 3 is 2.61 bits per heavy atom. The van der Waals surface area contributed by atoms with Crippen LogP contribution in [-0.4, -0.2) is 33.3 Å². The number of hydrogen-bond acceptors (Lipinski definition) is 5. The minimum atomic E-state index is -0.787. The number of nitrogens with zero attached hydrogens (tertiary/aromatic N) is 2. The van der Waals surface area contributed by atoms with Crippen molar-refractivity contribution >= 4 is 5.91 Å². The first-order valence-corrected chi connectivity index (χ1v) is 6.40. The number of aromatic nitrogens is 2. The molecule has 18 heavy (non-hydrogen) atoms. The van der Waals surface area contributed by atoms with Gasteiger partial charge in [0.2, 0.25) is 5.89 Å². The van der Waals surface area contributed by atoms with Crippen LogP contribution in [0.3, 0.4) is 0 Å². The molecule has 2 N–H and O–H groups in total. The highest BCUT2D eigenvalue weighted by atomic mass is 16.5. The first-order valence-electron chi connectivity index (χ1n) is 6.40. The lowest BCUT2D eigenvalue weighted by Crippen LogP contribution is -2.42. The quantitative estimate of drug-likeness (QED) is 0.790. The Morgan fingerprint density at radius 2 is 2.06 bits per heavy atom. The predicted octanol–water partition coefficient (Wildman–Crippen LogP) is 1.19. The van der Waals surface area contributed by atoms with Crippen LogP contribution >= 0.6 is 0 Å². The maximum atomic E-state index is 11.7. The molecule has 1 saturated carbocycles. The molecule has 1 aliphatic carbocycles. The van der Waals surface area contributed by atoms with Crippen molar-refractivity contribution in [3.63, 3.8) is 0 Å². The molecule has 1 heterocycles. The van der Waals surface area contributed by atoms with Crippen molar-refractivity contribution in [3.8, 4) is 0 Å². The van der Waals surface area contributed by atoms with Crippen molar-refractivity contribution in [1.82, 2.24) is 15.5 Å². The number of carbonyl (C=O) groups is 1. The molecule has 1 aromatic rings. The summed E-state index contributed by atoms with van der Waals surface area (Å²) in [5, 5.41) is 16.6. The van der Waals surface area contributed by atoms with Crippen LogP contribution < -0.4 is 5.32 Å². The molecule has 0 atom stereocenters. The second kappa shape index (κ2) is 5.48. The molecular weight excluding hydrogens is 234 g/mol. The van der Waals surface area contributed by atoms with Crippen LogP contribution in [0.2, 0.25) is 0 Å². The van der Waals surface area contributed by atoms with E-state index in [1.807, 2.05) is 0 Å². The van der Waals surface area contributed by atoms with Crippen LogP contribution in [0.5, 0.6) is 0 Å². The molecule has 0 aliphatic heterocycles. The Hall–Kier alpha value is -1.43. The molecule has 0 radical (unpaired) electrons. The summed E-state index contributed by atoms with van der Waals surface area (Å²) >= 11 is 0. The summed E-state index contributed by atoms with van der Waals surface area (Å²) < 4.78 is 4.74. The molecule has 1 aromatic heterocycles. The molecular formula is C12H19N3O3. The normalized spacial score (nSPS) is 19.2. The van der Waals surface area contributed by atoms with Crippen molar-refractivity contribution in [3.05, 3.63) is 11.7 Å². The molecule has 0 bridgehead atoms. The number of carbonyl (C=O) groups excluding carboxylic acids is 1. The van der Waals surface area contributed by atoms with Crippen LogP contribution in [0.25, 0.3) is 0 Å². The van der Waals surface area contributed by atoms with Gasteiger partial charge in [0.25, 0.3) is 11.7 Å². The number of amides is 1. The van der Waals surface area contributed by atoms with Crippen molar-refractivity contribution < 1.29 is 14.4 Å². The molecule has 0 aromatic carbocycles. The molecule has 1 amide bonds. The van der Waals surface area contributed by atoms with Gasteiger partial charge in [-0.25, -0.2) is 0 Å². The summed E-state index contributed by atoms with van der Waals surface area (Å²) in [7, 11) is 0. The summed E-state index contributed by atoms with van der Waals surface area (Å²) in [6, 6.07) is 0. The molecule has 1 fully saturated rings. The van der Waals surface area contributed by atoms with Gasteiger partial charge in [-0.3, -0.25) is 4.79 Å². The summed E-state index contributed by atoms with van der Waals surface area (Å²) in [5.41, 5.74) is -0.787. The highest BCUT2D eigenvalue weighted by molar-refractivity contribution is 5.90. The zero-order valence-electron chi connectivity index (χ0n) is 10.6. The topological polar surface area (TPSA) is 88.2 Å². The molecule has 100 valence electrons. The molecule has 0 saturated heterocycles. The van der Waals surface area contributed by atoms with Crippen molar-refractivity contribution in [2.45, 2.75) is 51.0 Å². The van der Waals surface area contributed by atoms with E-state index in [9.17, 15) is 9.90 Å². The van der Waals surface area contributed by atoms with Crippen molar-refractivity contribution in [2.75, 3.05) is 6.54 Å². The Bertz CT molecular complexity index is 408. The average Bonchev–Trinajstić information content (AvgIpc) is 2.66. The van der Waals surface area contributed by atoms with Gasteiger partial charge in [0.1, 0.15) is 0 Å². The fourth-order valence-electron chi connectivity index (χ4n) is 2.28. The Morgan fingerprint density at radius 1 is 1.39 bits per heavy atom. The monoisotopic (exact) mass is 253 g/mol. The molecule has 0 spiro atoms. The smallest absolute Gasteiger partial charge is 0.292 e. The molecule has 0 unspecified atom stereocenters. The van der Waals surface area contributed by atoms with E-state index >= 15 is 0 Å². The second-order valence-corrected chi connectivity index (χ2v) is 4.96. The van der Waals surface area contributed by atoms with E-state index in [2.05, 4.69) is 15.5 Å². The average molecular weight is 253 g/mol. The highest BCUT2D eigenvalue weighted by Gasteiger charge is 2.29. The van der Waals surface area contributed by atoms with E-state index in [0.29, 0.717) is 5.89 Å². The zero-order chi connectivity index (χ0) is 13.0. The van der Waals surface area contributed by atoms with Gasteiger partial charge in [0, 0.05) is 13.5 Å². The lowest BCUT2D eigenvalue weighted by molar-refractivity contribution is 0.0244. The van der Waals surface area contributed by atoms with Gasteiger partial charge in [-0.1, -0.05) is 30.8 Å². The Kier molecular flexibility index (Phi) is 3.96. The lowest BCUT2D eigenvalue weighted by Gasteiger charge is -2.26. The van der Waals surface area contributed by atoms with Crippen molar-refractivity contribution in [2.24, 2.45) is 0 Å². The third-order valence-corrected chi connectivity index (χ3v) is 3.34. The molecule has 6 nitrogen and oxygen atoms in total. The predicted molar refractivity (Wildman–Crippen MR) is 64.0 cm³/mol. The lowest BCUT2D eigenvalue weighted by atomic mass is 9.94. The Balaban J connectivity index is 1.88. The van der Waals surface area contributed by atoms with Gasteiger partial charge in [-0.2, -0.15) is 4.98 Å². The fourth-order valence-corrected chi connectivity index (χ4v) is 2.28. The third kappa shape index (κ3) is 3.29. The van der Waals surface area contributed by atoms with Crippen molar-refractivity contribution in [1.29, 1.82) is 0 Å². The second-order valence-electron chi connectivity index (χ2n) is 4.96. The van der Waals surface area contributed by atoms with E-state index < -0.39 is 11.5 Å². The van der Waals surface area contributed by atoms with E-state index in [-0.39, 0.29) is 12.4 Å². The summed E-state index contributed by atoms with van der Waals surface area (Å²) in [4.78, 5) is 15.6. The van der Waals surface area contributed by atoms with Gasteiger partial charge in [-0.15, -0.1) is 0 Å². The van der Waals surface area contributed by atoms with Crippen LogP contribution in [0.4, 0.5) is 0 Å². The van der Waals surface area contributed by atoms with Gasteiger partial charge in [0.05, 0.1) is 5.60 Å². The van der Waals surface area contributed by atoms with Gasteiger partial charge in [-0.05, 0) is 12.8 Å².